The third-order valence-corrected chi connectivity index (χ3v) is 6.01. The topological polar surface area (TPSA) is 121 Å². The molecule has 158 valence electrons. The molecule has 0 aliphatic heterocycles. The number of carbonyl (C=O) groups excluding carboxylic acids is 1. The zero-order valence-electron chi connectivity index (χ0n) is 16.5. The predicted octanol–water partition coefficient (Wildman–Crippen LogP) is 2.95. The molecule has 2 aromatic carbocycles. The average molecular weight is 431 g/mol. The van der Waals surface area contributed by atoms with Gasteiger partial charge in [0.2, 0.25) is 11.8 Å². The van der Waals surface area contributed by atoms with E-state index in [2.05, 4.69) is 15.5 Å². The lowest BCUT2D eigenvalue weighted by Gasteiger charge is -2.06. The second kappa shape index (κ2) is 9.40. The monoisotopic (exact) mass is 431 g/mol. The number of carbonyl (C=O) groups is 1. The fourth-order valence-corrected chi connectivity index (χ4v) is 4.00. The van der Waals surface area contributed by atoms with Gasteiger partial charge in [-0.25, -0.2) is 8.42 Å². The zero-order valence-corrected chi connectivity index (χ0v) is 17.3. The van der Waals surface area contributed by atoms with Gasteiger partial charge in [0, 0.05) is 18.1 Å². The molecule has 0 saturated heterocycles. The first-order valence-corrected chi connectivity index (χ1v) is 10.7. The van der Waals surface area contributed by atoms with Crippen LogP contribution in [-0.2, 0) is 14.6 Å². The Morgan fingerprint density at radius 1 is 1.03 bits per heavy atom. The van der Waals surface area contributed by atoms with Crippen LogP contribution in [-0.4, -0.2) is 44.5 Å². The van der Waals surface area contributed by atoms with Crippen molar-refractivity contribution < 1.29 is 27.1 Å². The van der Waals surface area contributed by atoms with Crippen molar-refractivity contribution in [2.75, 3.05) is 25.3 Å². The van der Waals surface area contributed by atoms with Gasteiger partial charge in [-0.15, -0.1) is 5.10 Å². The second-order valence-corrected chi connectivity index (χ2v) is 8.41. The summed E-state index contributed by atoms with van der Waals surface area (Å²) >= 11 is 0. The number of amides is 1. The Balaban J connectivity index is 1.58. The summed E-state index contributed by atoms with van der Waals surface area (Å²) in [6, 6.07) is 13.1. The van der Waals surface area contributed by atoms with Crippen molar-refractivity contribution in [1.29, 1.82) is 0 Å². The number of ether oxygens (including phenoxy) is 2. The number of nitrogens with one attached hydrogen (secondary N) is 1. The van der Waals surface area contributed by atoms with E-state index in [1.54, 1.807) is 36.4 Å². The normalized spacial score (nSPS) is 11.1. The predicted molar refractivity (Wildman–Crippen MR) is 109 cm³/mol. The minimum Gasteiger partial charge on any atom is -0.497 e. The van der Waals surface area contributed by atoms with Gasteiger partial charge in [0.1, 0.15) is 11.5 Å². The Kier molecular flexibility index (Phi) is 6.68. The number of aromatic nitrogens is 2. The van der Waals surface area contributed by atoms with Crippen molar-refractivity contribution in [2.24, 2.45) is 0 Å². The summed E-state index contributed by atoms with van der Waals surface area (Å²) in [6.45, 7) is 0. The Bertz CT molecular complexity index is 1090. The molecular formula is C20H21N3O6S. The van der Waals surface area contributed by atoms with Gasteiger partial charge in [0.05, 0.1) is 24.9 Å². The maximum atomic E-state index is 12.2. The smallest absolute Gasteiger partial charge is 0.322 e. The molecule has 1 amide bonds. The van der Waals surface area contributed by atoms with Crippen LogP contribution in [0.25, 0.3) is 11.5 Å². The lowest BCUT2D eigenvalue weighted by molar-refractivity contribution is -0.116. The molecule has 1 N–H and O–H groups in total. The molecule has 1 heterocycles. The van der Waals surface area contributed by atoms with Crippen LogP contribution in [0.1, 0.15) is 12.8 Å². The number of sulfone groups is 1. The first kappa shape index (κ1) is 21.3. The van der Waals surface area contributed by atoms with E-state index >= 15 is 0 Å². The van der Waals surface area contributed by atoms with Crippen LogP contribution in [0.4, 0.5) is 6.01 Å². The van der Waals surface area contributed by atoms with Crippen LogP contribution in [0.3, 0.4) is 0 Å². The summed E-state index contributed by atoms with van der Waals surface area (Å²) in [5.74, 6) is 0.717. The fraction of sp³-hybridized carbons (Fsp3) is 0.250. The molecule has 0 fully saturated rings. The van der Waals surface area contributed by atoms with Gasteiger partial charge < -0.3 is 13.9 Å². The molecule has 1 aromatic heterocycles. The number of nitrogens with zero attached hydrogens (tertiary/aromatic N) is 2. The molecule has 0 radical (unpaired) electrons. The molecule has 0 spiro atoms. The van der Waals surface area contributed by atoms with Crippen LogP contribution >= 0.6 is 0 Å². The number of methoxy groups -OCH3 is 2. The molecular weight excluding hydrogens is 410 g/mol. The number of hydrogen-bond acceptors (Lipinski definition) is 8. The van der Waals surface area contributed by atoms with Crippen molar-refractivity contribution in [3.63, 3.8) is 0 Å². The van der Waals surface area contributed by atoms with Crippen molar-refractivity contribution in [3.8, 4) is 23.0 Å². The second-order valence-electron chi connectivity index (χ2n) is 6.30. The summed E-state index contributed by atoms with van der Waals surface area (Å²) in [5, 5.41) is 10.2. The lowest BCUT2D eigenvalue weighted by atomic mass is 10.2. The highest BCUT2D eigenvalue weighted by Gasteiger charge is 2.16. The molecule has 0 unspecified atom stereocenters. The maximum absolute atomic E-state index is 12.2. The van der Waals surface area contributed by atoms with Crippen LogP contribution in [0.5, 0.6) is 11.5 Å². The van der Waals surface area contributed by atoms with E-state index in [1.165, 1.54) is 26.4 Å². The van der Waals surface area contributed by atoms with Gasteiger partial charge in [-0.05, 0) is 30.7 Å². The lowest BCUT2D eigenvalue weighted by Crippen LogP contribution is -2.14. The van der Waals surface area contributed by atoms with Gasteiger partial charge in [-0.3, -0.25) is 10.1 Å². The van der Waals surface area contributed by atoms with Crippen molar-refractivity contribution in [1.82, 2.24) is 10.2 Å². The highest BCUT2D eigenvalue weighted by atomic mass is 32.2. The van der Waals surface area contributed by atoms with E-state index in [1.807, 2.05) is 0 Å². The fourth-order valence-electron chi connectivity index (χ4n) is 2.67. The molecule has 0 aliphatic carbocycles. The summed E-state index contributed by atoms with van der Waals surface area (Å²) in [4.78, 5) is 12.3. The van der Waals surface area contributed by atoms with Gasteiger partial charge in [0.15, 0.2) is 9.84 Å². The Hall–Kier alpha value is -3.40. The van der Waals surface area contributed by atoms with Crippen molar-refractivity contribution in [3.05, 3.63) is 48.5 Å². The Morgan fingerprint density at radius 3 is 2.33 bits per heavy atom. The van der Waals surface area contributed by atoms with E-state index < -0.39 is 15.7 Å². The summed E-state index contributed by atoms with van der Waals surface area (Å²) in [5.41, 5.74) is 0.563. The Morgan fingerprint density at radius 2 is 1.70 bits per heavy atom. The largest absolute Gasteiger partial charge is 0.497 e. The molecule has 0 bridgehead atoms. The number of benzene rings is 2. The third-order valence-electron chi connectivity index (χ3n) is 4.19. The maximum Gasteiger partial charge on any atom is 0.322 e. The van der Waals surface area contributed by atoms with E-state index in [4.69, 9.17) is 13.9 Å². The zero-order chi connectivity index (χ0) is 21.6. The molecule has 0 aliphatic rings. The van der Waals surface area contributed by atoms with Gasteiger partial charge in [0.25, 0.3) is 0 Å². The third kappa shape index (κ3) is 5.35. The summed E-state index contributed by atoms with van der Waals surface area (Å²) < 4.78 is 40.4. The van der Waals surface area contributed by atoms with E-state index in [-0.39, 0.29) is 35.4 Å². The first-order valence-electron chi connectivity index (χ1n) is 9.06. The summed E-state index contributed by atoms with van der Waals surface area (Å²) in [7, 11) is -0.381. The van der Waals surface area contributed by atoms with Gasteiger partial charge in [-0.2, -0.15) is 0 Å². The number of rotatable bonds is 9. The van der Waals surface area contributed by atoms with E-state index in [0.29, 0.717) is 17.1 Å². The molecule has 9 nitrogen and oxygen atoms in total. The highest BCUT2D eigenvalue weighted by Crippen LogP contribution is 2.29. The molecule has 0 saturated carbocycles. The minimum absolute atomic E-state index is 0.00321. The van der Waals surface area contributed by atoms with Gasteiger partial charge >= 0.3 is 6.01 Å². The van der Waals surface area contributed by atoms with Crippen molar-refractivity contribution >= 4 is 21.8 Å². The van der Waals surface area contributed by atoms with Crippen LogP contribution in [0.15, 0.2) is 57.8 Å². The Labute approximate surface area is 174 Å². The first-order chi connectivity index (χ1) is 14.4. The van der Waals surface area contributed by atoms with Crippen LogP contribution < -0.4 is 14.8 Å². The van der Waals surface area contributed by atoms with Crippen molar-refractivity contribution in [2.45, 2.75) is 17.7 Å². The minimum atomic E-state index is -3.43. The average Bonchev–Trinajstić information content (AvgIpc) is 3.22. The molecule has 3 rings (SSSR count). The van der Waals surface area contributed by atoms with E-state index in [9.17, 15) is 13.2 Å². The quantitative estimate of drug-likeness (QED) is 0.549. The number of anilines is 1. The summed E-state index contributed by atoms with van der Waals surface area (Å²) in [6.07, 6.45) is 0.161. The standard InChI is InChI=1S/C20H21N3O6S/c1-27-15-11-14(12-16(13-15)28-2)19-22-23-20(29-19)21-18(24)9-6-10-30(25,26)17-7-4-3-5-8-17/h3-5,7-8,11-13H,6,9-10H2,1-2H3,(H,21,23,24). The molecule has 0 atom stereocenters. The van der Waals surface area contributed by atoms with Gasteiger partial charge in [-0.1, -0.05) is 23.3 Å². The molecule has 10 heteroatoms. The van der Waals surface area contributed by atoms with Crippen LogP contribution in [0, 0.1) is 0 Å². The van der Waals surface area contributed by atoms with E-state index in [0.717, 1.165) is 0 Å². The SMILES string of the molecule is COc1cc(OC)cc(-c2nnc(NC(=O)CCCS(=O)(=O)c3ccccc3)o2)c1. The molecule has 3 aromatic rings. The molecule has 30 heavy (non-hydrogen) atoms. The number of hydrogen-bond donors (Lipinski definition) is 1. The highest BCUT2D eigenvalue weighted by molar-refractivity contribution is 7.91. The van der Waals surface area contributed by atoms with Crippen LogP contribution in [0.2, 0.25) is 0 Å².